The number of ether oxygens (including phenoxy) is 4. The van der Waals surface area contributed by atoms with Gasteiger partial charge in [0.2, 0.25) is 29.9 Å². The molecule has 4 aliphatic heterocycles. The van der Waals surface area contributed by atoms with E-state index in [2.05, 4.69) is 16.0 Å². The number of carbonyl (C=O) groups excluding carboxylic acids is 6. The van der Waals surface area contributed by atoms with Crippen molar-refractivity contribution in [2.24, 2.45) is 5.41 Å². The van der Waals surface area contributed by atoms with Crippen LogP contribution >= 0.6 is 0 Å². The van der Waals surface area contributed by atoms with E-state index in [0.717, 1.165) is 9.80 Å². The number of hydrogen-bond donors (Lipinski definition) is 10. The fourth-order valence-corrected chi connectivity index (χ4v) is 6.94. The second-order valence-corrected chi connectivity index (χ2v) is 14.9. The van der Waals surface area contributed by atoms with Crippen LogP contribution < -0.4 is 20.7 Å². The molecule has 4 aliphatic rings. The van der Waals surface area contributed by atoms with Gasteiger partial charge < -0.3 is 76.0 Å². The van der Waals surface area contributed by atoms with Gasteiger partial charge in [-0.05, 0) is 30.3 Å². The van der Waals surface area contributed by atoms with Crippen LogP contribution in [0, 0.1) is 5.41 Å². The molecule has 12 atom stereocenters. The number of likely N-dealkylation sites (tertiary alicyclic amines) is 1. The van der Waals surface area contributed by atoms with E-state index in [9.17, 15) is 64.5 Å². The van der Waals surface area contributed by atoms with Crippen molar-refractivity contribution in [1.29, 1.82) is 0 Å². The molecule has 64 heavy (non-hydrogen) atoms. The molecule has 0 aliphatic carbocycles. The van der Waals surface area contributed by atoms with E-state index in [1.54, 1.807) is 13.8 Å². The summed E-state index contributed by atoms with van der Waals surface area (Å²) in [7, 11) is 6.05. The summed E-state index contributed by atoms with van der Waals surface area (Å²) in [6.07, 6.45) is -16.0. The Morgan fingerprint density at radius 2 is 1.53 bits per heavy atom. The molecule has 11 N–H and O–H groups in total. The van der Waals surface area contributed by atoms with Crippen LogP contribution in [0.3, 0.4) is 0 Å². The molecule has 4 heterocycles. The first-order chi connectivity index (χ1) is 29.8. The molecular formula is C39H60BN6O17Y-. The van der Waals surface area contributed by atoms with E-state index in [-0.39, 0.29) is 93.9 Å². The first-order valence-corrected chi connectivity index (χ1v) is 20.7. The third-order valence-corrected chi connectivity index (χ3v) is 10.8. The van der Waals surface area contributed by atoms with Gasteiger partial charge >= 0.3 is 6.09 Å². The van der Waals surface area contributed by atoms with Crippen molar-refractivity contribution in [1.82, 2.24) is 20.4 Å². The SMILES string of the molecule is CC.CC.[B]C1(NC(=O)OCc2ccc(OC3OC(CO)C(O)C(O)C3O)c(NC(=O)CCNC(=O)CCN3C(=O)CC(C)(CC)C3=O)c2)C(=O)N1C1C(CO)OC([NH-])C(O)C1O.[Y]. The van der Waals surface area contributed by atoms with Crippen LogP contribution in [0.1, 0.15) is 72.8 Å². The number of anilines is 1. The zero-order chi connectivity index (χ0) is 47.6. The molecule has 3 radical (unpaired) electrons. The van der Waals surface area contributed by atoms with E-state index >= 15 is 0 Å². The summed E-state index contributed by atoms with van der Waals surface area (Å²) in [4.78, 5) is 77.9. The van der Waals surface area contributed by atoms with E-state index in [4.69, 9.17) is 32.5 Å². The van der Waals surface area contributed by atoms with Gasteiger partial charge in [-0.1, -0.05) is 47.6 Å². The fraction of sp³-hybridized carbons (Fsp3) is 0.692. The number of carbonyl (C=O) groups is 6. The van der Waals surface area contributed by atoms with Crippen LogP contribution in [0.5, 0.6) is 5.75 Å². The van der Waals surface area contributed by atoms with Crippen molar-refractivity contribution in [3.05, 3.63) is 29.5 Å². The van der Waals surface area contributed by atoms with Crippen molar-refractivity contribution < 1.29 is 116 Å². The maximum absolute atomic E-state index is 13.1. The van der Waals surface area contributed by atoms with Gasteiger partial charge in [0.1, 0.15) is 56.8 Å². The number of nitrogens with zero attached hydrogens (tertiary/aromatic N) is 2. The van der Waals surface area contributed by atoms with Crippen molar-refractivity contribution in [3.8, 4) is 5.75 Å². The summed E-state index contributed by atoms with van der Waals surface area (Å²) in [6.45, 7) is 9.14. The average Bonchev–Trinajstić information content (AvgIpc) is 3.70. The molecule has 23 nitrogen and oxygen atoms in total. The maximum Gasteiger partial charge on any atom is 0.409 e. The number of imide groups is 1. The largest absolute Gasteiger partial charge is 0.649 e. The van der Waals surface area contributed by atoms with Gasteiger partial charge in [-0.2, -0.15) is 0 Å². The third kappa shape index (κ3) is 12.9. The second kappa shape index (κ2) is 24.9. The van der Waals surface area contributed by atoms with Crippen molar-refractivity contribution in [2.45, 2.75) is 141 Å². The molecule has 25 heteroatoms. The van der Waals surface area contributed by atoms with Gasteiger partial charge in [0.25, 0.3) is 5.91 Å². The molecule has 0 aromatic heterocycles. The smallest absolute Gasteiger partial charge is 0.409 e. The predicted molar refractivity (Wildman–Crippen MR) is 219 cm³/mol. The van der Waals surface area contributed by atoms with E-state index < -0.39 is 116 Å². The molecule has 355 valence electrons. The van der Waals surface area contributed by atoms with Crippen LogP contribution in [0.25, 0.3) is 5.73 Å². The first-order valence-electron chi connectivity index (χ1n) is 20.7. The Morgan fingerprint density at radius 1 is 0.891 bits per heavy atom. The summed E-state index contributed by atoms with van der Waals surface area (Å²) in [5, 5.41) is 78.0. The molecule has 12 unspecified atom stereocenters. The second-order valence-electron chi connectivity index (χ2n) is 14.9. The number of benzene rings is 1. The predicted octanol–water partition coefficient (Wildman–Crippen LogP) is -2.32. The molecule has 1 aromatic rings. The van der Waals surface area contributed by atoms with Gasteiger partial charge in [-0.15, -0.1) is 0 Å². The average molecular weight is 985 g/mol. The molecule has 4 fully saturated rings. The number of alkyl carbamates (subject to hydrolysis) is 1. The maximum atomic E-state index is 13.1. The summed E-state index contributed by atoms with van der Waals surface area (Å²) in [5.41, 5.74) is 4.72. The monoisotopic (exact) mass is 984 g/mol. The molecule has 0 saturated carbocycles. The van der Waals surface area contributed by atoms with Gasteiger partial charge in [-0.3, -0.25) is 34.2 Å². The van der Waals surface area contributed by atoms with Crippen molar-refractivity contribution >= 4 is 49.2 Å². The van der Waals surface area contributed by atoms with Crippen LogP contribution in [0.2, 0.25) is 0 Å². The zero-order valence-corrected chi connectivity index (χ0v) is 39.5. The summed E-state index contributed by atoms with van der Waals surface area (Å²) < 4.78 is 21.5. The number of nitrogens with one attached hydrogen (secondary N) is 4. The standard InChI is InChI=1S/C35H48BN6O17.2C2H6.Y/c1-3-34(2)11-22(47)41(31(34)53)9-7-20(45)38-8-6-21(46)39-16-10-15(4-5-17(16)58-30-28(52)26(50)24(48)19(13-44)59-30)14-56-33(55)40-35(36)32(54)42(35)23-18(12-43)57-29(37)27(51)25(23)49;2*1-2;/h4-5,10,18-19,23-30,37,43-44,48-52H,3,6-9,11-14H2,1-2H3,(H,38,45)(H,39,46)(H,40,55);2*1-2H3;/q-1;;;. The normalized spacial score (nSPS) is 31.9. The van der Waals surface area contributed by atoms with Gasteiger partial charge in [0, 0.05) is 65.1 Å². The van der Waals surface area contributed by atoms with Gasteiger partial charge in [0.05, 0.1) is 36.5 Å². The van der Waals surface area contributed by atoms with Gasteiger partial charge in [0.15, 0.2) is 5.56 Å². The van der Waals surface area contributed by atoms with Crippen LogP contribution in [0.4, 0.5) is 10.5 Å². The number of aliphatic hydroxyl groups is 7. The topological polar surface area (TPSA) is 347 Å². The fourth-order valence-electron chi connectivity index (χ4n) is 6.94. The van der Waals surface area contributed by atoms with Crippen LogP contribution in [-0.4, -0.2) is 182 Å². The van der Waals surface area contributed by atoms with Crippen molar-refractivity contribution in [3.63, 3.8) is 0 Å². The number of amides is 6. The number of hydrogen-bond acceptors (Lipinski definition) is 17. The summed E-state index contributed by atoms with van der Waals surface area (Å²) >= 11 is 0. The van der Waals surface area contributed by atoms with Crippen molar-refractivity contribution in [2.75, 3.05) is 31.6 Å². The Hall–Kier alpha value is -3.39. The summed E-state index contributed by atoms with van der Waals surface area (Å²) in [6, 6.07) is 2.47. The zero-order valence-electron chi connectivity index (χ0n) is 36.6. The first kappa shape index (κ1) is 56.7. The number of aliphatic hydroxyl groups excluding tert-OH is 7. The Labute approximate surface area is 396 Å². The third-order valence-electron chi connectivity index (χ3n) is 10.8. The molecule has 6 amide bonds. The van der Waals surface area contributed by atoms with Crippen LogP contribution in [0.15, 0.2) is 18.2 Å². The van der Waals surface area contributed by atoms with E-state index in [1.165, 1.54) is 18.2 Å². The Balaban J connectivity index is 0.00000274. The molecule has 1 aromatic carbocycles. The minimum absolute atomic E-state index is 0. The van der Waals surface area contributed by atoms with E-state index in [0.29, 0.717) is 6.42 Å². The minimum atomic E-state index is -2.24. The van der Waals surface area contributed by atoms with Gasteiger partial charge in [-0.25, -0.2) is 4.79 Å². The van der Waals surface area contributed by atoms with E-state index in [1.807, 2.05) is 27.7 Å². The summed E-state index contributed by atoms with van der Waals surface area (Å²) in [5.74, 6) is -3.03. The minimum Gasteiger partial charge on any atom is -0.649 e. The quantitative estimate of drug-likeness (QED) is 0.0472. The molecule has 5 rings (SSSR count). The number of rotatable bonds is 16. The molecule has 0 spiro atoms. The molecule has 0 bridgehead atoms. The molecular weight excluding hydrogens is 924 g/mol. The van der Waals surface area contributed by atoms with Crippen LogP contribution in [-0.2, 0) is 77.5 Å². The molecule has 4 saturated heterocycles. The Bertz CT molecular complexity index is 1780. The Morgan fingerprint density at radius 3 is 2.12 bits per heavy atom. The Kier molecular flexibility index (Phi) is 22.1.